The molecule has 0 saturated carbocycles. The smallest absolute Gasteiger partial charge is 0.0599 e. The Morgan fingerprint density at radius 2 is 2.18 bits per heavy atom. The Balaban J connectivity index is 0.000000461. The Hall–Kier alpha value is -0.920. The van der Waals surface area contributed by atoms with Gasteiger partial charge in [0.25, 0.3) is 0 Å². The van der Waals surface area contributed by atoms with Crippen LogP contribution in [-0.4, -0.2) is 24.5 Å². The molecule has 0 aliphatic carbocycles. The molecule has 0 spiro atoms. The second-order valence-electron chi connectivity index (χ2n) is 2.83. The van der Waals surface area contributed by atoms with E-state index in [2.05, 4.69) is 30.6 Å². The maximum atomic E-state index is 5.16. The Bertz CT molecular complexity index is 152. The molecular weight excluding hydrogens is 134 g/mol. The number of hydrogen-bond acceptors (Lipinski definition) is 1. The monoisotopic (exact) mass is 149 g/mol. The van der Waals surface area contributed by atoms with Gasteiger partial charge in [0.2, 0.25) is 0 Å². The Morgan fingerprint density at radius 3 is 2.55 bits per heavy atom. The third kappa shape index (κ3) is 3.71. The highest BCUT2D eigenvalue weighted by Crippen LogP contribution is 2.13. The van der Waals surface area contributed by atoms with Crippen LogP contribution >= 0.6 is 0 Å². The number of nitrogens with zero attached hydrogens (tertiary/aromatic N) is 1. The zero-order chi connectivity index (χ0) is 8.69. The Kier molecular flexibility index (Phi) is 5.35. The van der Waals surface area contributed by atoms with Crippen LogP contribution in [0.25, 0.3) is 0 Å². The van der Waals surface area contributed by atoms with Crippen molar-refractivity contribution in [1.29, 1.82) is 0 Å². The highest BCUT2D eigenvalue weighted by atomic mass is 15.1. The second kappa shape index (κ2) is 5.83. The first-order chi connectivity index (χ1) is 5.33. The molecule has 0 aromatic rings. The van der Waals surface area contributed by atoms with Crippen LogP contribution < -0.4 is 0 Å². The number of rotatable bonds is 1. The topological polar surface area (TPSA) is 3.24 Å². The molecule has 1 atom stereocenters. The van der Waals surface area contributed by atoms with E-state index in [1.165, 1.54) is 19.5 Å². The van der Waals surface area contributed by atoms with Crippen LogP contribution in [-0.2, 0) is 0 Å². The average molecular weight is 149 g/mol. The third-order valence-electron chi connectivity index (χ3n) is 1.82. The molecule has 1 rings (SSSR count). The lowest BCUT2D eigenvalue weighted by molar-refractivity contribution is 0.369. The van der Waals surface area contributed by atoms with Crippen LogP contribution in [0.3, 0.4) is 0 Å². The van der Waals surface area contributed by atoms with Crippen LogP contribution in [0.4, 0.5) is 0 Å². The van der Waals surface area contributed by atoms with Gasteiger partial charge >= 0.3 is 0 Å². The highest BCUT2D eigenvalue weighted by molar-refractivity contribution is 4.90. The van der Waals surface area contributed by atoms with Gasteiger partial charge in [0.15, 0.2) is 0 Å². The lowest BCUT2D eigenvalue weighted by atomic mass is 10.2. The molecule has 0 aromatic heterocycles. The van der Waals surface area contributed by atoms with E-state index >= 15 is 0 Å². The SMILES string of the molecule is C#C.C#CCN1CCC(C)C1. The van der Waals surface area contributed by atoms with Crippen molar-refractivity contribution in [2.45, 2.75) is 13.3 Å². The van der Waals surface area contributed by atoms with E-state index in [1.807, 2.05) is 0 Å². The molecule has 0 bridgehead atoms. The lowest BCUT2D eigenvalue weighted by Gasteiger charge is -2.09. The molecule has 1 aliphatic rings. The van der Waals surface area contributed by atoms with Crippen LogP contribution in [0.2, 0.25) is 0 Å². The molecule has 0 aromatic carbocycles. The van der Waals surface area contributed by atoms with Crippen molar-refractivity contribution < 1.29 is 0 Å². The molecule has 1 nitrogen and oxygen atoms in total. The zero-order valence-corrected chi connectivity index (χ0v) is 7.09. The van der Waals surface area contributed by atoms with Gasteiger partial charge in [0, 0.05) is 6.54 Å². The van der Waals surface area contributed by atoms with Crippen LogP contribution in [0.5, 0.6) is 0 Å². The summed E-state index contributed by atoms with van der Waals surface area (Å²) in [5.74, 6) is 3.52. The van der Waals surface area contributed by atoms with Crippen LogP contribution in [0.1, 0.15) is 13.3 Å². The summed E-state index contributed by atoms with van der Waals surface area (Å²) < 4.78 is 0. The van der Waals surface area contributed by atoms with E-state index in [0.717, 1.165) is 12.5 Å². The first-order valence-corrected chi connectivity index (χ1v) is 3.82. The van der Waals surface area contributed by atoms with Gasteiger partial charge in [-0.3, -0.25) is 4.90 Å². The van der Waals surface area contributed by atoms with E-state index in [0.29, 0.717) is 0 Å². The molecule has 11 heavy (non-hydrogen) atoms. The van der Waals surface area contributed by atoms with Gasteiger partial charge < -0.3 is 0 Å². The number of terminal acetylenes is 2. The number of hydrogen-bond donors (Lipinski definition) is 0. The molecule has 1 aliphatic heterocycles. The molecular formula is C10H15N. The van der Waals surface area contributed by atoms with Crippen molar-refractivity contribution in [3.05, 3.63) is 0 Å². The fraction of sp³-hybridized carbons (Fsp3) is 0.600. The molecule has 0 N–H and O–H groups in total. The van der Waals surface area contributed by atoms with Gasteiger partial charge in [-0.1, -0.05) is 12.8 Å². The molecule has 1 heteroatoms. The highest BCUT2D eigenvalue weighted by Gasteiger charge is 2.16. The predicted molar refractivity (Wildman–Crippen MR) is 48.9 cm³/mol. The van der Waals surface area contributed by atoms with Gasteiger partial charge in [0.1, 0.15) is 0 Å². The Morgan fingerprint density at radius 1 is 1.55 bits per heavy atom. The zero-order valence-electron chi connectivity index (χ0n) is 7.09. The molecule has 1 fully saturated rings. The molecule has 1 unspecified atom stereocenters. The van der Waals surface area contributed by atoms with E-state index < -0.39 is 0 Å². The van der Waals surface area contributed by atoms with E-state index in [9.17, 15) is 0 Å². The third-order valence-corrected chi connectivity index (χ3v) is 1.82. The summed E-state index contributed by atoms with van der Waals surface area (Å²) >= 11 is 0. The van der Waals surface area contributed by atoms with Gasteiger partial charge in [0.05, 0.1) is 6.54 Å². The first-order valence-electron chi connectivity index (χ1n) is 3.82. The minimum absolute atomic E-state index is 0.838. The summed E-state index contributed by atoms with van der Waals surface area (Å²) in [4.78, 5) is 2.32. The maximum Gasteiger partial charge on any atom is 0.0599 e. The van der Waals surface area contributed by atoms with Gasteiger partial charge in [-0.25, -0.2) is 0 Å². The Labute approximate surface area is 69.8 Å². The van der Waals surface area contributed by atoms with Crippen molar-refractivity contribution in [2.75, 3.05) is 19.6 Å². The normalized spacial score (nSPS) is 23.3. The lowest BCUT2D eigenvalue weighted by Crippen LogP contribution is -2.20. The summed E-state index contributed by atoms with van der Waals surface area (Å²) in [7, 11) is 0. The van der Waals surface area contributed by atoms with Crippen molar-refractivity contribution in [1.82, 2.24) is 4.90 Å². The summed E-state index contributed by atoms with van der Waals surface area (Å²) in [6.07, 6.45) is 14.5. The van der Waals surface area contributed by atoms with Crippen molar-refractivity contribution in [3.63, 3.8) is 0 Å². The summed E-state index contributed by atoms with van der Waals surface area (Å²) in [5.41, 5.74) is 0. The summed E-state index contributed by atoms with van der Waals surface area (Å²) in [5, 5.41) is 0. The quantitative estimate of drug-likeness (QED) is 0.506. The summed E-state index contributed by atoms with van der Waals surface area (Å²) in [6.45, 7) is 5.51. The minimum atomic E-state index is 0.838. The first kappa shape index (κ1) is 10.1. The predicted octanol–water partition coefficient (Wildman–Crippen LogP) is 1.21. The van der Waals surface area contributed by atoms with E-state index in [4.69, 9.17) is 6.42 Å². The fourth-order valence-corrected chi connectivity index (χ4v) is 1.30. The minimum Gasteiger partial charge on any atom is -0.292 e. The largest absolute Gasteiger partial charge is 0.292 e. The molecule has 0 amide bonds. The van der Waals surface area contributed by atoms with Crippen molar-refractivity contribution >= 4 is 0 Å². The average Bonchev–Trinajstić information content (AvgIpc) is 2.41. The summed E-state index contributed by atoms with van der Waals surface area (Å²) in [6, 6.07) is 0. The fourth-order valence-electron chi connectivity index (χ4n) is 1.30. The van der Waals surface area contributed by atoms with Crippen molar-refractivity contribution in [2.24, 2.45) is 5.92 Å². The van der Waals surface area contributed by atoms with Gasteiger partial charge in [-0.05, 0) is 18.9 Å². The maximum absolute atomic E-state index is 5.16. The van der Waals surface area contributed by atoms with Crippen LogP contribution in [0, 0.1) is 31.1 Å². The second-order valence-corrected chi connectivity index (χ2v) is 2.83. The van der Waals surface area contributed by atoms with Gasteiger partial charge in [-0.2, -0.15) is 0 Å². The number of likely N-dealkylation sites (tertiary alicyclic amines) is 1. The van der Waals surface area contributed by atoms with Crippen molar-refractivity contribution in [3.8, 4) is 25.2 Å². The van der Waals surface area contributed by atoms with Gasteiger partial charge in [-0.15, -0.1) is 19.3 Å². The molecule has 0 radical (unpaired) electrons. The van der Waals surface area contributed by atoms with Crippen LogP contribution in [0.15, 0.2) is 0 Å². The van der Waals surface area contributed by atoms with E-state index in [1.54, 1.807) is 0 Å². The molecule has 60 valence electrons. The van der Waals surface area contributed by atoms with E-state index in [-0.39, 0.29) is 0 Å². The molecule has 1 heterocycles. The standard InChI is InChI=1S/C8H13N.C2H2/c1-3-5-9-6-4-8(2)7-9;1-2/h1,8H,4-7H2,2H3;1-2H. The molecule has 1 saturated heterocycles.